The maximum Gasteiger partial charge on any atom is 0.326 e. The fraction of sp³-hybridized carbons (Fsp3) is 0.368. The Morgan fingerprint density at radius 2 is 2.00 bits per heavy atom. The Hall–Kier alpha value is -3.23. The van der Waals surface area contributed by atoms with E-state index in [0.29, 0.717) is 11.3 Å². The average Bonchev–Trinajstić information content (AvgIpc) is 2.62. The highest BCUT2D eigenvalue weighted by molar-refractivity contribution is 5.83. The van der Waals surface area contributed by atoms with E-state index in [1.54, 1.807) is 0 Å². The molecule has 0 aliphatic rings. The van der Waals surface area contributed by atoms with Crippen molar-refractivity contribution in [3.05, 3.63) is 46.5 Å². The lowest BCUT2D eigenvalue weighted by Crippen LogP contribution is -2.44. The first-order valence-electron chi connectivity index (χ1n) is 8.65. The number of ether oxygens (including phenoxy) is 1. The topological polar surface area (TPSA) is 111 Å². The van der Waals surface area contributed by atoms with Crippen molar-refractivity contribution in [2.45, 2.75) is 32.9 Å². The number of aromatic nitrogens is 2. The Morgan fingerprint density at radius 1 is 1.29 bits per heavy atom. The minimum atomic E-state index is -1.15. The summed E-state index contributed by atoms with van der Waals surface area (Å²) >= 11 is 0. The van der Waals surface area contributed by atoms with Gasteiger partial charge in [-0.2, -0.15) is 5.10 Å². The predicted molar refractivity (Wildman–Crippen MR) is 99.5 cm³/mol. The summed E-state index contributed by atoms with van der Waals surface area (Å²) in [4.78, 5) is 35.6. The van der Waals surface area contributed by atoms with Crippen LogP contribution in [0, 0.1) is 11.7 Å². The van der Waals surface area contributed by atoms with Crippen LogP contribution in [0.1, 0.15) is 20.3 Å². The van der Waals surface area contributed by atoms with E-state index in [9.17, 15) is 23.9 Å². The Bertz CT molecular complexity index is 926. The Kier molecular flexibility index (Phi) is 6.86. The average molecular weight is 391 g/mol. The number of carbonyl (C=O) groups is 2. The number of hydrogen-bond donors (Lipinski definition) is 2. The zero-order chi connectivity index (χ0) is 20.8. The number of methoxy groups -OCH3 is 1. The third-order valence-corrected chi connectivity index (χ3v) is 3.94. The van der Waals surface area contributed by atoms with E-state index in [4.69, 9.17) is 4.74 Å². The number of nitrogens with one attached hydrogen (secondary N) is 1. The van der Waals surface area contributed by atoms with E-state index in [1.165, 1.54) is 37.4 Å². The van der Waals surface area contributed by atoms with Gasteiger partial charge in [0.05, 0.1) is 12.8 Å². The number of nitrogens with zero attached hydrogens (tertiary/aromatic N) is 2. The van der Waals surface area contributed by atoms with Crippen LogP contribution in [0.25, 0.3) is 11.3 Å². The molecule has 1 heterocycles. The SMILES string of the molecule is COc1cc(F)ccc1-c1ccc(=O)n(CC(=O)N[C@@H](CC(C)C)C(=O)O)n1. The minimum absolute atomic E-state index is 0.0662. The zero-order valence-electron chi connectivity index (χ0n) is 15.8. The van der Waals surface area contributed by atoms with Gasteiger partial charge in [0.15, 0.2) is 0 Å². The summed E-state index contributed by atoms with van der Waals surface area (Å²) in [5, 5.41) is 15.7. The molecule has 150 valence electrons. The van der Waals surface area contributed by atoms with Crippen molar-refractivity contribution in [3.63, 3.8) is 0 Å². The van der Waals surface area contributed by atoms with Crippen LogP contribution in [0.3, 0.4) is 0 Å². The number of benzene rings is 1. The summed E-state index contributed by atoms with van der Waals surface area (Å²) < 4.78 is 19.4. The molecule has 0 spiro atoms. The van der Waals surface area contributed by atoms with Crippen molar-refractivity contribution < 1.29 is 23.8 Å². The quantitative estimate of drug-likeness (QED) is 0.708. The Labute approximate surface area is 160 Å². The molecule has 0 aliphatic carbocycles. The third-order valence-electron chi connectivity index (χ3n) is 3.94. The van der Waals surface area contributed by atoms with Gasteiger partial charge in [-0.25, -0.2) is 13.9 Å². The van der Waals surface area contributed by atoms with E-state index in [2.05, 4.69) is 10.4 Å². The standard InChI is InChI=1S/C19H22FN3O5/c1-11(2)8-15(19(26)27)21-17(24)10-23-18(25)7-6-14(22-23)13-5-4-12(20)9-16(13)28-3/h4-7,9,11,15H,8,10H2,1-3H3,(H,21,24)(H,26,27)/t15-/m0/s1. The number of carboxylic acids is 1. The van der Waals surface area contributed by atoms with E-state index < -0.39 is 35.8 Å². The lowest BCUT2D eigenvalue weighted by atomic mass is 10.0. The van der Waals surface area contributed by atoms with E-state index >= 15 is 0 Å². The summed E-state index contributed by atoms with van der Waals surface area (Å²) in [6, 6.07) is 5.47. The number of aliphatic carboxylic acids is 1. The van der Waals surface area contributed by atoms with Gasteiger partial charge in [-0.1, -0.05) is 13.8 Å². The fourth-order valence-corrected chi connectivity index (χ4v) is 2.65. The molecule has 2 rings (SSSR count). The second-order valence-electron chi connectivity index (χ2n) is 6.65. The van der Waals surface area contributed by atoms with Crippen LogP contribution < -0.4 is 15.6 Å². The van der Waals surface area contributed by atoms with Crippen LogP contribution in [-0.2, 0) is 16.1 Å². The number of halogens is 1. The van der Waals surface area contributed by atoms with Crippen molar-refractivity contribution in [2.75, 3.05) is 7.11 Å². The third kappa shape index (κ3) is 5.38. The van der Waals surface area contributed by atoms with Crippen LogP contribution >= 0.6 is 0 Å². The summed E-state index contributed by atoms with van der Waals surface area (Å²) in [5.41, 5.74) is 0.221. The Balaban J connectivity index is 2.25. The maximum atomic E-state index is 13.4. The van der Waals surface area contributed by atoms with Gasteiger partial charge in [0.25, 0.3) is 5.56 Å². The number of amides is 1. The van der Waals surface area contributed by atoms with Crippen molar-refractivity contribution in [2.24, 2.45) is 5.92 Å². The molecule has 0 saturated carbocycles. The zero-order valence-corrected chi connectivity index (χ0v) is 15.8. The second-order valence-corrected chi connectivity index (χ2v) is 6.65. The first kappa shape index (κ1) is 21.1. The molecule has 0 aliphatic heterocycles. The van der Waals surface area contributed by atoms with Gasteiger partial charge in [0.1, 0.15) is 24.2 Å². The largest absolute Gasteiger partial charge is 0.496 e. The normalized spacial score (nSPS) is 11.9. The van der Waals surface area contributed by atoms with E-state index in [-0.39, 0.29) is 18.1 Å². The molecule has 0 fully saturated rings. The highest BCUT2D eigenvalue weighted by Gasteiger charge is 2.21. The second kappa shape index (κ2) is 9.12. The van der Waals surface area contributed by atoms with Crippen molar-refractivity contribution in [1.29, 1.82) is 0 Å². The van der Waals surface area contributed by atoms with Crippen LogP contribution in [0.4, 0.5) is 4.39 Å². The number of hydrogen-bond acceptors (Lipinski definition) is 5. The molecule has 2 N–H and O–H groups in total. The lowest BCUT2D eigenvalue weighted by Gasteiger charge is -2.16. The monoisotopic (exact) mass is 391 g/mol. The fourth-order valence-electron chi connectivity index (χ4n) is 2.65. The van der Waals surface area contributed by atoms with Gasteiger partial charge in [-0.15, -0.1) is 0 Å². The molecule has 0 bridgehead atoms. The van der Waals surface area contributed by atoms with E-state index in [1.807, 2.05) is 13.8 Å². The van der Waals surface area contributed by atoms with Crippen molar-refractivity contribution >= 4 is 11.9 Å². The van der Waals surface area contributed by atoms with Crippen LogP contribution in [-0.4, -0.2) is 39.9 Å². The van der Waals surface area contributed by atoms with Gasteiger partial charge in [-0.3, -0.25) is 9.59 Å². The summed E-state index contributed by atoms with van der Waals surface area (Å²) in [6.45, 7) is 3.24. The molecule has 1 aromatic carbocycles. The van der Waals surface area contributed by atoms with Crippen molar-refractivity contribution in [3.8, 4) is 17.0 Å². The molecule has 1 amide bonds. The van der Waals surface area contributed by atoms with Crippen LogP contribution in [0.15, 0.2) is 35.1 Å². The highest BCUT2D eigenvalue weighted by Crippen LogP contribution is 2.28. The summed E-state index contributed by atoms with van der Waals surface area (Å²) in [6.07, 6.45) is 0.260. The number of carboxylic acid groups (broad SMARTS) is 1. The number of rotatable bonds is 8. The van der Waals surface area contributed by atoms with Crippen LogP contribution in [0.2, 0.25) is 0 Å². The molecule has 0 radical (unpaired) electrons. The van der Waals surface area contributed by atoms with Gasteiger partial charge < -0.3 is 15.2 Å². The lowest BCUT2D eigenvalue weighted by molar-refractivity contribution is -0.142. The molecule has 1 aromatic heterocycles. The molecule has 2 aromatic rings. The van der Waals surface area contributed by atoms with Gasteiger partial charge in [0, 0.05) is 17.7 Å². The molecule has 0 saturated heterocycles. The molecular formula is C19H22FN3O5. The van der Waals surface area contributed by atoms with Crippen molar-refractivity contribution in [1.82, 2.24) is 15.1 Å². The maximum absolute atomic E-state index is 13.4. The van der Waals surface area contributed by atoms with Gasteiger partial charge in [0.2, 0.25) is 5.91 Å². The summed E-state index contributed by atoms with van der Waals surface area (Å²) in [7, 11) is 1.38. The van der Waals surface area contributed by atoms with Gasteiger partial charge in [-0.05, 0) is 30.5 Å². The molecular weight excluding hydrogens is 369 g/mol. The smallest absolute Gasteiger partial charge is 0.326 e. The molecule has 8 nitrogen and oxygen atoms in total. The number of carbonyl (C=O) groups excluding carboxylic acids is 1. The molecule has 0 unspecified atom stereocenters. The molecule has 9 heteroatoms. The highest BCUT2D eigenvalue weighted by atomic mass is 19.1. The first-order valence-corrected chi connectivity index (χ1v) is 8.65. The predicted octanol–water partition coefficient (Wildman–Crippen LogP) is 1.67. The Morgan fingerprint density at radius 3 is 2.61 bits per heavy atom. The first-order chi connectivity index (χ1) is 13.2. The van der Waals surface area contributed by atoms with Gasteiger partial charge >= 0.3 is 5.97 Å². The molecule has 28 heavy (non-hydrogen) atoms. The minimum Gasteiger partial charge on any atom is -0.496 e. The van der Waals surface area contributed by atoms with Crippen LogP contribution in [0.5, 0.6) is 5.75 Å². The van der Waals surface area contributed by atoms with E-state index in [0.717, 1.165) is 4.68 Å². The molecule has 1 atom stereocenters. The summed E-state index contributed by atoms with van der Waals surface area (Å²) in [5.74, 6) is -1.99.